The van der Waals surface area contributed by atoms with Gasteiger partial charge in [0.05, 0.1) is 18.4 Å². The summed E-state index contributed by atoms with van der Waals surface area (Å²) in [4.78, 5) is 21.1. The summed E-state index contributed by atoms with van der Waals surface area (Å²) in [6.45, 7) is 2.11. The van der Waals surface area contributed by atoms with Crippen LogP contribution in [0, 0.1) is 30.9 Å². The van der Waals surface area contributed by atoms with Crippen molar-refractivity contribution >= 4 is 17.2 Å². The third-order valence-electron chi connectivity index (χ3n) is 3.23. The Morgan fingerprint density at radius 3 is 2.84 bits per heavy atom. The molecule has 0 atom stereocenters. The second kappa shape index (κ2) is 7.48. The molecular weight excluding hydrogens is 334 g/mol. The summed E-state index contributed by atoms with van der Waals surface area (Å²) in [7, 11) is 0. The van der Waals surface area contributed by atoms with Crippen LogP contribution in [0.5, 0.6) is 5.75 Å². The number of hydrogen-bond donors (Lipinski definition) is 2. The number of benzene rings is 1. The van der Waals surface area contributed by atoms with Crippen LogP contribution in [-0.2, 0) is 6.54 Å². The lowest BCUT2D eigenvalue weighted by Crippen LogP contribution is -2.22. The SMILES string of the molecule is Cc1nc(C#Cc2ccc(O)cc2)sc1C(=O)NCc1c#ccnc1. The molecule has 0 aliphatic rings. The summed E-state index contributed by atoms with van der Waals surface area (Å²) in [6, 6.07) is 12.2. The molecule has 0 radical (unpaired) electrons. The zero-order chi connectivity index (χ0) is 17.6. The van der Waals surface area contributed by atoms with Gasteiger partial charge in [0.2, 0.25) is 0 Å². The second-order valence-electron chi connectivity index (χ2n) is 5.11. The average molecular weight is 347 g/mol. The molecule has 1 amide bonds. The monoisotopic (exact) mass is 347 g/mol. The second-order valence-corrected chi connectivity index (χ2v) is 6.11. The molecule has 25 heavy (non-hydrogen) atoms. The molecule has 2 N–H and O–H groups in total. The first-order chi connectivity index (χ1) is 12.1. The number of hydrogen-bond acceptors (Lipinski definition) is 5. The van der Waals surface area contributed by atoms with Gasteiger partial charge in [-0.25, -0.2) is 4.98 Å². The molecule has 122 valence electrons. The summed E-state index contributed by atoms with van der Waals surface area (Å²) in [5, 5.41) is 12.6. The number of aromatic nitrogens is 2. The number of phenols is 1. The van der Waals surface area contributed by atoms with Crippen molar-refractivity contribution < 1.29 is 9.90 Å². The number of rotatable bonds is 3. The van der Waals surface area contributed by atoms with E-state index >= 15 is 0 Å². The van der Waals surface area contributed by atoms with E-state index in [9.17, 15) is 9.90 Å². The minimum absolute atomic E-state index is 0.193. The number of phenolic OH excluding ortho intramolecular Hbond substituents is 1. The van der Waals surface area contributed by atoms with Crippen molar-refractivity contribution in [3.05, 3.63) is 75.5 Å². The van der Waals surface area contributed by atoms with Gasteiger partial charge in [-0.3, -0.25) is 9.78 Å². The Morgan fingerprint density at radius 2 is 2.12 bits per heavy atom. The van der Waals surface area contributed by atoms with Crippen molar-refractivity contribution in [3.63, 3.8) is 0 Å². The van der Waals surface area contributed by atoms with Crippen LogP contribution in [0.15, 0.2) is 36.7 Å². The molecule has 0 unspecified atom stereocenters. The van der Waals surface area contributed by atoms with Gasteiger partial charge in [-0.1, -0.05) is 12.0 Å². The van der Waals surface area contributed by atoms with Gasteiger partial charge in [0, 0.05) is 17.3 Å². The summed E-state index contributed by atoms with van der Waals surface area (Å²) in [5.41, 5.74) is 2.16. The molecular formula is C19H13N3O2S. The normalized spacial score (nSPS) is 9.64. The first-order valence-corrected chi connectivity index (χ1v) is 8.22. The van der Waals surface area contributed by atoms with E-state index in [0.29, 0.717) is 22.1 Å². The maximum absolute atomic E-state index is 12.3. The fraction of sp³-hybridized carbons (Fsp3) is 0.105. The van der Waals surface area contributed by atoms with Crippen molar-refractivity contribution in [3.8, 4) is 17.6 Å². The van der Waals surface area contributed by atoms with Crippen LogP contribution in [0.1, 0.15) is 31.5 Å². The number of nitrogens with zero attached hydrogens (tertiary/aromatic N) is 2. The van der Waals surface area contributed by atoms with Gasteiger partial charge in [0.1, 0.15) is 10.6 Å². The summed E-state index contributed by atoms with van der Waals surface area (Å²) < 4.78 is 0. The number of thiazole rings is 1. The predicted octanol–water partition coefficient (Wildman–Crippen LogP) is 2.48. The van der Waals surface area contributed by atoms with Gasteiger partial charge in [-0.05, 0) is 43.2 Å². The van der Waals surface area contributed by atoms with E-state index in [1.807, 2.05) is 0 Å². The minimum Gasteiger partial charge on any atom is -0.508 e. The Bertz CT molecular complexity index is 938. The third kappa shape index (κ3) is 4.35. The fourth-order valence-corrected chi connectivity index (χ4v) is 2.83. The molecule has 0 aliphatic carbocycles. The molecule has 0 spiro atoms. The molecule has 0 saturated heterocycles. The highest BCUT2D eigenvalue weighted by Crippen LogP contribution is 2.17. The Kier molecular flexibility index (Phi) is 4.94. The van der Waals surface area contributed by atoms with Crippen LogP contribution in [-0.4, -0.2) is 21.0 Å². The van der Waals surface area contributed by atoms with Gasteiger partial charge in [0.15, 0.2) is 5.01 Å². The van der Waals surface area contributed by atoms with Crippen molar-refractivity contribution in [2.45, 2.75) is 13.5 Å². The zero-order valence-corrected chi connectivity index (χ0v) is 14.1. The van der Waals surface area contributed by atoms with Crippen LogP contribution in [0.2, 0.25) is 0 Å². The highest BCUT2D eigenvalue weighted by atomic mass is 32.1. The summed E-state index contributed by atoms with van der Waals surface area (Å²) in [5.74, 6) is 5.90. The molecule has 1 aromatic carbocycles. The molecule has 5 nitrogen and oxygen atoms in total. The number of aryl methyl sites for hydroxylation is 1. The molecule has 2 heterocycles. The van der Waals surface area contributed by atoms with Gasteiger partial charge in [-0.2, -0.15) is 0 Å². The molecule has 2 aromatic heterocycles. The van der Waals surface area contributed by atoms with Crippen LogP contribution in [0.25, 0.3) is 0 Å². The summed E-state index contributed by atoms with van der Waals surface area (Å²) >= 11 is 1.25. The average Bonchev–Trinajstić information content (AvgIpc) is 3.01. The van der Waals surface area contributed by atoms with Crippen molar-refractivity contribution in [1.29, 1.82) is 0 Å². The van der Waals surface area contributed by atoms with Crippen LogP contribution < -0.4 is 5.32 Å². The van der Waals surface area contributed by atoms with Crippen LogP contribution >= 0.6 is 11.3 Å². The molecule has 0 fully saturated rings. The highest BCUT2D eigenvalue weighted by molar-refractivity contribution is 7.14. The molecule has 0 bridgehead atoms. The van der Waals surface area contributed by atoms with E-state index in [0.717, 1.165) is 11.1 Å². The lowest BCUT2D eigenvalue weighted by atomic mass is 10.2. The summed E-state index contributed by atoms with van der Waals surface area (Å²) in [6.07, 6.45) is 3.14. The maximum atomic E-state index is 12.3. The van der Waals surface area contributed by atoms with Crippen molar-refractivity contribution in [2.75, 3.05) is 0 Å². The van der Waals surface area contributed by atoms with Gasteiger partial charge in [-0.15, -0.1) is 11.3 Å². The molecule has 0 saturated carbocycles. The largest absolute Gasteiger partial charge is 0.508 e. The molecule has 3 aromatic rings. The number of amides is 1. The van der Waals surface area contributed by atoms with E-state index in [-0.39, 0.29) is 11.7 Å². The quantitative estimate of drug-likeness (QED) is 0.714. The standard InChI is InChI=1S/C19H13N3O2S/c1-13-18(19(24)21-12-15-3-2-10-20-11-15)25-17(22-13)9-6-14-4-7-16(23)8-5-14/h4-5,7-8,10-11,23H,12H2,1H3,(H,21,24). The smallest absolute Gasteiger partial charge is 0.263 e. The number of nitrogens with one attached hydrogen (secondary N) is 1. The molecule has 3 rings (SSSR count). The lowest BCUT2D eigenvalue weighted by Gasteiger charge is -2.01. The zero-order valence-electron chi connectivity index (χ0n) is 13.3. The maximum Gasteiger partial charge on any atom is 0.263 e. The first-order valence-electron chi connectivity index (χ1n) is 7.41. The van der Waals surface area contributed by atoms with Crippen molar-refractivity contribution in [1.82, 2.24) is 15.3 Å². The van der Waals surface area contributed by atoms with E-state index in [1.165, 1.54) is 17.5 Å². The third-order valence-corrected chi connectivity index (χ3v) is 4.30. The van der Waals surface area contributed by atoms with E-state index in [2.05, 4.69) is 39.3 Å². The Labute approximate surface area is 149 Å². The van der Waals surface area contributed by atoms with Gasteiger partial charge < -0.3 is 10.4 Å². The van der Waals surface area contributed by atoms with Crippen LogP contribution in [0.4, 0.5) is 0 Å². The van der Waals surface area contributed by atoms with Gasteiger partial charge >= 0.3 is 0 Å². The molecule has 0 aliphatic heterocycles. The molecule has 6 heteroatoms. The number of carbonyl (C=O) groups is 1. The van der Waals surface area contributed by atoms with Crippen molar-refractivity contribution in [2.24, 2.45) is 0 Å². The van der Waals surface area contributed by atoms with Gasteiger partial charge in [0.25, 0.3) is 5.91 Å². The number of carbonyl (C=O) groups excluding carboxylic acids is 1. The Balaban J connectivity index is 1.69. The minimum atomic E-state index is -0.204. The van der Waals surface area contributed by atoms with E-state index in [1.54, 1.807) is 37.4 Å². The van der Waals surface area contributed by atoms with Crippen LogP contribution in [0.3, 0.4) is 0 Å². The predicted molar refractivity (Wildman–Crippen MR) is 94.0 cm³/mol. The fourth-order valence-electron chi connectivity index (χ4n) is 2.00. The Hall–Kier alpha value is -3.35. The van der Waals surface area contributed by atoms with E-state index < -0.39 is 0 Å². The topological polar surface area (TPSA) is 75.1 Å². The number of aromatic hydroxyl groups is 1. The Morgan fingerprint density at radius 1 is 1.32 bits per heavy atom. The first kappa shape index (κ1) is 16.5. The highest BCUT2D eigenvalue weighted by Gasteiger charge is 2.14. The lowest BCUT2D eigenvalue weighted by molar-refractivity contribution is 0.0954. The van der Waals surface area contributed by atoms with E-state index in [4.69, 9.17) is 0 Å².